The van der Waals surface area contributed by atoms with Crippen molar-refractivity contribution in [2.45, 2.75) is 71.5 Å². The van der Waals surface area contributed by atoms with Gasteiger partial charge in [-0.2, -0.15) is 0 Å². The highest BCUT2D eigenvalue weighted by atomic mass is 16.5. The summed E-state index contributed by atoms with van der Waals surface area (Å²) >= 11 is 0. The number of fused-ring (bicyclic) bond motifs is 3. The Kier molecular flexibility index (Phi) is 7.70. The molecular weight excluding hydrogens is 466 g/mol. The Hall–Kier alpha value is -3.12. The summed E-state index contributed by atoms with van der Waals surface area (Å²) in [6.07, 6.45) is 0. The minimum atomic E-state index is -1.26. The Balaban J connectivity index is 1.88. The van der Waals surface area contributed by atoms with Gasteiger partial charge in [-0.25, -0.2) is 9.97 Å². The summed E-state index contributed by atoms with van der Waals surface area (Å²) in [7, 11) is 0. The maximum Gasteiger partial charge on any atom is 0.252 e. The van der Waals surface area contributed by atoms with E-state index >= 15 is 0 Å². The smallest absolute Gasteiger partial charge is 0.252 e. The number of ether oxygens (including phenoxy) is 1. The van der Waals surface area contributed by atoms with Gasteiger partial charge in [0, 0.05) is 5.39 Å². The minimum Gasteiger partial charge on any atom is -0.389 e. The zero-order chi connectivity index (χ0) is 26.9. The average molecular weight is 502 g/mol. The summed E-state index contributed by atoms with van der Waals surface area (Å²) in [4.78, 5) is 34.4. The van der Waals surface area contributed by atoms with E-state index in [0.717, 1.165) is 5.39 Å². The van der Waals surface area contributed by atoms with Crippen molar-refractivity contribution >= 4 is 39.6 Å². The molecule has 0 unspecified atom stereocenters. The fourth-order valence-electron chi connectivity index (χ4n) is 3.62. The number of imidazole rings is 1. The molecule has 36 heavy (non-hydrogen) atoms. The minimum absolute atomic E-state index is 0.0564. The van der Waals surface area contributed by atoms with E-state index in [1.165, 1.54) is 0 Å². The second-order valence-electron chi connectivity index (χ2n) is 10.6. The number of carbonyl (C=O) groups is 2. The Bertz CT molecular complexity index is 1270. The van der Waals surface area contributed by atoms with Gasteiger partial charge in [-0.3, -0.25) is 9.59 Å². The number of rotatable bonds is 10. The van der Waals surface area contributed by atoms with Crippen LogP contribution in [0.15, 0.2) is 24.3 Å². The van der Waals surface area contributed by atoms with Crippen molar-refractivity contribution in [1.82, 2.24) is 19.9 Å². The predicted molar refractivity (Wildman–Crippen MR) is 135 cm³/mol. The molecule has 0 radical (unpaired) electrons. The van der Waals surface area contributed by atoms with Crippen LogP contribution in [0.4, 0.5) is 5.82 Å². The van der Waals surface area contributed by atoms with Gasteiger partial charge in [0.25, 0.3) is 5.91 Å². The van der Waals surface area contributed by atoms with Gasteiger partial charge in [-0.15, -0.1) is 0 Å². The second kappa shape index (κ2) is 10.1. The molecule has 2 aromatic heterocycles. The van der Waals surface area contributed by atoms with Crippen molar-refractivity contribution in [2.24, 2.45) is 0 Å². The van der Waals surface area contributed by atoms with E-state index in [0.29, 0.717) is 22.4 Å². The van der Waals surface area contributed by atoms with E-state index in [9.17, 15) is 24.9 Å². The van der Waals surface area contributed by atoms with Crippen LogP contribution in [-0.4, -0.2) is 71.6 Å². The van der Waals surface area contributed by atoms with Crippen molar-refractivity contribution < 1.29 is 29.6 Å². The normalized spacial score (nSPS) is 12.8. The summed E-state index contributed by atoms with van der Waals surface area (Å²) in [5.74, 6) is -0.562. The number of aliphatic hydroxyl groups is 3. The van der Waals surface area contributed by atoms with Crippen LogP contribution in [0.5, 0.6) is 0 Å². The van der Waals surface area contributed by atoms with Crippen molar-refractivity contribution in [3.63, 3.8) is 0 Å². The van der Waals surface area contributed by atoms with Crippen molar-refractivity contribution in [1.29, 1.82) is 0 Å². The van der Waals surface area contributed by atoms with Crippen molar-refractivity contribution in [3.05, 3.63) is 30.1 Å². The molecule has 5 N–H and O–H groups in total. The number of anilines is 1. The molecule has 0 fully saturated rings. The van der Waals surface area contributed by atoms with Crippen LogP contribution in [0.3, 0.4) is 0 Å². The molecule has 2 heterocycles. The lowest BCUT2D eigenvalue weighted by Gasteiger charge is -2.28. The van der Waals surface area contributed by atoms with E-state index < -0.39 is 28.6 Å². The number of carbonyl (C=O) groups excluding carboxylic acids is 2. The SMILES string of the molecule is CC(C)(O)COC(C)(C)C(=O)NCC(=O)Nc1nc2ccccc2c2c1nc(CO)n2CC(C)(C)O. The zero-order valence-electron chi connectivity index (χ0n) is 21.5. The molecule has 0 saturated carbocycles. The highest BCUT2D eigenvalue weighted by Crippen LogP contribution is 2.31. The Morgan fingerprint density at radius 3 is 2.31 bits per heavy atom. The van der Waals surface area contributed by atoms with E-state index in [1.54, 1.807) is 52.2 Å². The van der Waals surface area contributed by atoms with Crippen LogP contribution in [0.2, 0.25) is 0 Å². The molecule has 3 aromatic rings. The molecule has 2 amide bonds. The van der Waals surface area contributed by atoms with Crippen LogP contribution in [0, 0.1) is 0 Å². The van der Waals surface area contributed by atoms with Gasteiger partial charge in [-0.05, 0) is 47.6 Å². The molecule has 0 saturated heterocycles. The fourth-order valence-corrected chi connectivity index (χ4v) is 3.62. The Morgan fingerprint density at radius 1 is 1.03 bits per heavy atom. The highest BCUT2D eigenvalue weighted by Gasteiger charge is 2.31. The van der Waals surface area contributed by atoms with Gasteiger partial charge in [0.1, 0.15) is 23.5 Å². The molecule has 0 aliphatic heterocycles. The number of benzene rings is 1. The maximum atomic E-state index is 12.8. The molecule has 0 spiro atoms. The Labute approximate surface area is 209 Å². The fraction of sp³-hybridized carbons (Fsp3) is 0.520. The standard InChI is InChI=1S/C25H35N5O6/c1-23(2,34)13-30-17(12-31)28-19-20(30)15-9-7-8-10-16(15)27-21(19)29-18(32)11-26-22(33)25(5,6)36-14-24(3,4)35/h7-10,31,34-35H,11-14H2,1-6H3,(H,26,33)(H,27,29,32). The third kappa shape index (κ3) is 6.55. The number of amides is 2. The molecular formula is C25H35N5O6. The topological polar surface area (TPSA) is 159 Å². The average Bonchev–Trinajstić information content (AvgIpc) is 3.13. The first-order valence-corrected chi connectivity index (χ1v) is 11.7. The number of para-hydroxylation sites is 1. The van der Waals surface area contributed by atoms with Crippen molar-refractivity contribution in [3.8, 4) is 0 Å². The first-order valence-electron chi connectivity index (χ1n) is 11.7. The van der Waals surface area contributed by atoms with Gasteiger partial charge in [0.15, 0.2) is 5.82 Å². The monoisotopic (exact) mass is 501 g/mol. The summed E-state index contributed by atoms with van der Waals surface area (Å²) in [6.45, 7) is 8.92. The molecule has 0 aliphatic carbocycles. The van der Waals surface area contributed by atoms with Crippen LogP contribution in [0.25, 0.3) is 21.9 Å². The van der Waals surface area contributed by atoms with E-state index in [2.05, 4.69) is 20.6 Å². The summed E-state index contributed by atoms with van der Waals surface area (Å²) in [5, 5.41) is 36.2. The van der Waals surface area contributed by atoms with E-state index in [4.69, 9.17) is 4.74 Å². The van der Waals surface area contributed by atoms with Gasteiger partial charge in [0.05, 0.1) is 41.9 Å². The van der Waals surface area contributed by atoms with Gasteiger partial charge in [-0.1, -0.05) is 18.2 Å². The van der Waals surface area contributed by atoms with Crippen LogP contribution >= 0.6 is 0 Å². The number of aromatic nitrogens is 3. The van der Waals surface area contributed by atoms with E-state index in [1.807, 2.05) is 18.2 Å². The van der Waals surface area contributed by atoms with Gasteiger partial charge >= 0.3 is 0 Å². The lowest BCUT2D eigenvalue weighted by Crippen LogP contribution is -2.48. The van der Waals surface area contributed by atoms with Crippen LogP contribution in [-0.2, 0) is 27.5 Å². The van der Waals surface area contributed by atoms with Gasteiger partial charge in [0.2, 0.25) is 5.91 Å². The second-order valence-corrected chi connectivity index (χ2v) is 10.6. The quantitative estimate of drug-likeness (QED) is 0.279. The summed E-state index contributed by atoms with van der Waals surface area (Å²) < 4.78 is 7.24. The van der Waals surface area contributed by atoms with Crippen LogP contribution in [0.1, 0.15) is 47.4 Å². The number of nitrogens with one attached hydrogen (secondary N) is 2. The third-order valence-corrected chi connectivity index (χ3v) is 5.35. The molecule has 3 rings (SSSR count). The number of hydrogen-bond donors (Lipinski definition) is 5. The number of aliphatic hydroxyl groups excluding tert-OH is 1. The molecule has 0 aliphatic rings. The van der Waals surface area contributed by atoms with Crippen molar-refractivity contribution in [2.75, 3.05) is 18.5 Å². The first kappa shape index (κ1) is 27.5. The molecule has 0 bridgehead atoms. The molecule has 196 valence electrons. The maximum absolute atomic E-state index is 12.8. The summed E-state index contributed by atoms with van der Waals surface area (Å²) in [6, 6.07) is 7.30. The number of pyridine rings is 1. The number of hydrogen-bond acceptors (Lipinski definition) is 8. The lowest BCUT2D eigenvalue weighted by molar-refractivity contribution is -0.150. The summed E-state index contributed by atoms with van der Waals surface area (Å²) in [5.41, 5.74) is -1.89. The third-order valence-electron chi connectivity index (χ3n) is 5.35. The first-order chi connectivity index (χ1) is 16.6. The zero-order valence-corrected chi connectivity index (χ0v) is 21.5. The van der Waals surface area contributed by atoms with Gasteiger partial charge < -0.3 is 35.3 Å². The number of nitrogens with zero attached hydrogens (tertiary/aromatic N) is 3. The van der Waals surface area contributed by atoms with Crippen LogP contribution < -0.4 is 10.6 Å². The molecule has 11 nitrogen and oxygen atoms in total. The predicted octanol–water partition coefficient (Wildman–Crippen LogP) is 1.47. The van der Waals surface area contributed by atoms with E-state index in [-0.39, 0.29) is 32.1 Å². The highest BCUT2D eigenvalue weighted by molar-refractivity contribution is 6.10. The largest absolute Gasteiger partial charge is 0.389 e. The molecule has 11 heteroatoms. The Morgan fingerprint density at radius 2 is 1.69 bits per heavy atom. The molecule has 0 atom stereocenters. The molecule has 1 aromatic carbocycles. The lowest BCUT2D eigenvalue weighted by atomic mass is 10.1.